The average molecular weight is 358 g/mol. The number of hydrogen-bond acceptors (Lipinski definition) is 5. The fraction of sp³-hybridized carbons (Fsp3) is 0.0909. The van der Waals surface area contributed by atoms with E-state index in [1.54, 1.807) is 14.2 Å². The summed E-state index contributed by atoms with van der Waals surface area (Å²) in [6.45, 7) is 0. The second-order valence-electron chi connectivity index (χ2n) is 5.90. The Labute approximate surface area is 157 Å². The van der Waals surface area contributed by atoms with Crippen LogP contribution in [0.2, 0.25) is 0 Å². The summed E-state index contributed by atoms with van der Waals surface area (Å²) >= 11 is 0. The van der Waals surface area contributed by atoms with Crippen molar-refractivity contribution in [3.63, 3.8) is 0 Å². The van der Waals surface area contributed by atoms with Crippen LogP contribution in [0.4, 0.5) is 0 Å². The number of methoxy groups -OCH3 is 2. The Kier molecular flexibility index (Phi) is 4.58. The van der Waals surface area contributed by atoms with Crippen molar-refractivity contribution >= 4 is 10.9 Å². The number of rotatable bonds is 5. The van der Waals surface area contributed by atoms with Crippen molar-refractivity contribution < 1.29 is 14.2 Å². The van der Waals surface area contributed by atoms with Crippen LogP contribution in [-0.4, -0.2) is 24.2 Å². The first-order valence-electron chi connectivity index (χ1n) is 8.48. The van der Waals surface area contributed by atoms with E-state index >= 15 is 0 Å². The predicted octanol–water partition coefficient (Wildman–Crippen LogP) is 5.11. The second-order valence-corrected chi connectivity index (χ2v) is 5.90. The Morgan fingerprint density at radius 1 is 0.704 bits per heavy atom. The maximum absolute atomic E-state index is 6.08. The van der Waals surface area contributed by atoms with Crippen LogP contribution in [0, 0.1) is 0 Å². The highest BCUT2D eigenvalue weighted by molar-refractivity contribution is 5.87. The van der Waals surface area contributed by atoms with Gasteiger partial charge < -0.3 is 14.2 Å². The lowest BCUT2D eigenvalue weighted by atomic mass is 10.1. The Bertz CT molecular complexity index is 1080. The molecule has 0 amide bonds. The number of aromatic nitrogens is 2. The Morgan fingerprint density at radius 3 is 2.22 bits per heavy atom. The lowest BCUT2D eigenvalue weighted by molar-refractivity contribution is 0.355. The van der Waals surface area contributed by atoms with Crippen LogP contribution < -0.4 is 14.2 Å². The lowest BCUT2D eigenvalue weighted by Crippen LogP contribution is -1.95. The fourth-order valence-corrected chi connectivity index (χ4v) is 2.92. The minimum Gasteiger partial charge on any atom is -0.493 e. The monoisotopic (exact) mass is 358 g/mol. The van der Waals surface area contributed by atoms with E-state index < -0.39 is 0 Å². The van der Waals surface area contributed by atoms with Crippen molar-refractivity contribution in [1.29, 1.82) is 0 Å². The lowest BCUT2D eigenvalue weighted by Gasteiger charge is -2.12. The van der Waals surface area contributed by atoms with Crippen LogP contribution in [0.5, 0.6) is 23.1 Å². The molecule has 0 aliphatic rings. The summed E-state index contributed by atoms with van der Waals surface area (Å²) < 4.78 is 16.8. The van der Waals surface area contributed by atoms with Gasteiger partial charge in [-0.05, 0) is 29.3 Å². The van der Waals surface area contributed by atoms with Crippen LogP contribution in [0.3, 0.4) is 0 Å². The van der Waals surface area contributed by atoms with E-state index in [0.29, 0.717) is 23.1 Å². The van der Waals surface area contributed by atoms with Gasteiger partial charge in [0.05, 0.1) is 25.1 Å². The molecule has 0 aliphatic heterocycles. The molecule has 5 heteroatoms. The molecule has 0 aliphatic carbocycles. The first-order valence-corrected chi connectivity index (χ1v) is 8.48. The van der Waals surface area contributed by atoms with Gasteiger partial charge in [0.15, 0.2) is 11.5 Å². The van der Waals surface area contributed by atoms with Gasteiger partial charge in [0.2, 0.25) is 5.88 Å². The molecule has 1 aromatic heterocycles. The smallest absolute Gasteiger partial charge is 0.230 e. The van der Waals surface area contributed by atoms with Gasteiger partial charge in [0, 0.05) is 6.07 Å². The van der Waals surface area contributed by atoms with Gasteiger partial charge >= 0.3 is 0 Å². The summed E-state index contributed by atoms with van der Waals surface area (Å²) in [5.74, 6) is 2.38. The van der Waals surface area contributed by atoms with Crippen molar-refractivity contribution in [1.82, 2.24) is 9.97 Å². The summed E-state index contributed by atoms with van der Waals surface area (Å²) in [6.07, 6.45) is 1.48. The quantitative estimate of drug-likeness (QED) is 0.496. The number of benzene rings is 3. The van der Waals surface area contributed by atoms with Gasteiger partial charge in [0.25, 0.3) is 0 Å². The third-order valence-electron chi connectivity index (χ3n) is 4.26. The molecule has 0 bridgehead atoms. The first-order chi connectivity index (χ1) is 13.3. The molecule has 0 atom stereocenters. The van der Waals surface area contributed by atoms with Crippen LogP contribution in [0.1, 0.15) is 0 Å². The van der Waals surface area contributed by atoms with Crippen molar-refractivity contribution in [2.75, 3.05) is 14.2 Å². The summed E-state index contributed by atoms with van der Waals surface area (Å²) in [6, 6.07) is 21.7. The minimum absolute atomic E-state index is 0.464. The molecule has 0 saturated carbocycles. The number of nitrogens with zero attached hydrogens (tertiary/aromatic N) is 2. The van der Waals surface area contributed by atoms with Gasteiger partial charge in [-0.2, -0.15) is 0 Å². The van der Waals surface area contributed by atoms with Crippen LogP contribution in [-0.2, 0) is 0 Å². The molecule has 0 saturated heterocycles. The molecule has 134 valence electrons. The zero-order valence-electron chi connectivity index (χ0n) is 15.0. The zero-order chi connectivity index (χ0) is 18.6. The van der Waals surface area contributed by atoms with Gasteiger partial charge in [-0.15, -0.1) is 0 Å². The molecule has 27 heavy (non-hydrogen) atoms. The molecule has 3 aromatic carbocycles. The van der Waals surface area contributed by atoms with Crippen molar-refractivity contribution in [2.45, 2.75) is 0 Å². The molecule has 0 unspecified atom stereocenters. The van der Waals surface area contributed by atoms with Crippen LogP contribution in [0.15, 0.2) is 73.1 Å². The van der Waals surface area contributed by atoms with E-state index in [0.717, 1.165) is 22.0 Å². The number of fused-ring (bicyclic) bond motifs is 1. The molecule has 4 rings (SSSR count). The van der Waals surface area contributed by atoms with Crippen LogP contribution in [0.25, 0.3) is 22.0 Å². The van der Waals surface area contributed by atoms with Crippen molar-refractivity contribution in [2.24, 2.45) is 0 Å². The van der Waals surface area contributed by atoms with Crippen molar-refractivity contribution in [3.05, 3.63) is 73.1 Å². The first kappa shape index (κ1) is 16.8. The van der Waals surface area contributed by atoms with E-state index in [9.17, 15) is 0 Å². The normalized spacial score (nSPS) is 10.6. The zero-order valence-corrected chi connectivity index (χ0v) is 15.0. The third kappa shape index (κ3) is 3.40. The summed E-state index contributed by atoms with van der Waals surface area (Å²) in [5.41, 5.74) is 2.92. The Hall–Kier alpha value is -3.60. The highest BCUT2D eigenvalue weighted by Gasteiger charge is 2.12. The molecular weight excluding hydrogens is 340 g/mol. The van der Waals surface area contributed by atoms with E-state index in [1.807, 2.05) is 54.6 Å². The molecule has 5 nitrogen and oxygen atoms in total. The summed E-state index contributed by atoms with van der Waals surface area (Å²) in [7, 11) is 3.19. The second kappa shape index (κ2) is 7.33. The van der Waals surface area contributed by atoms with Gasteiger partial charge in [0.1, 0.15) is 12.1 Å². The molecule has 0 N–H and O–H groups in total. The molecule has 1 heterocycles. The third-order valence-corrected chi connectivity index (χ3v) is 4.26. The van der Waals surface area contributed by atoms with E-state index in [-0.39, 0.29) is 0 Å². The average Bonchev–Trinajstić information content (AvgIpc) is 2.74. The van der Waals surface area contributed by atoms with E-state index in [1.165, 1.54) is 6.33 Å². The number of hydrogen-bond donors (Lipinski definition) is 0. The maximum atomic E-state index is 6.08. The maximum Gasteiger partial charge on any atom is 0.230 e. The van der Waals surface area contributed by atoms with E-state index in [4.69, 9.17) is 14.2 Å². The molecular formula is C22H18N2O3. The van der Waals surface area contributed by atoms with Gasteiger partial charge in [-0.3, -0.25) is 0 Å². The highest BCUT2D eigenvalue weighted by Crippen LogP contribution is 2.36. The fourth-order valence-electron chi connectivity index (χ4n) is 2.92. The SMILES string of the molecule is COc1cc2ncnc(Oc3cccc(-c4ccccc4)c3)c2cc1OC. The number of ether oxygens (including phenoxy) is 3. The molecule has 0 spiro atoms. The van der Waals surface area contributed by atoms with Crippen molar-refractivity contribution in [3.8, 4) is 34.3 Å². The molecule has 0 radical (unpaired) electrons. The highest BCUT2D eigenvalue weighted by atomic mass is 16.5. The van der Waals surface area contributed by atoms with Crippen LogP contribution >= 0.6 is 0 Å². The topological polar surface area (TPSA) is 53.5 Å². The van der Waals surface area contributed by atoms with Gasteiger partial charge in [-0.25, -0.2) is 9.97 Å². The van der Waals surface area contributed by atoms with Gasteiger partial charge in [-0.1, -0.05) is 42.5 Å². The standard InChI is InChI=1S/C22H18N2O3/c1-25-20-12-18-19(13-21(20)26-2)23-14-24-22(18)27-17-10-6-9-16(11-17)15-7-4-3-5-8-15/h3-14H,1-2H3. The molecule has 4 aromatic rings. The largest absolute Gasteiger partial charge is 0.493 e. The predicted molar refractivity (Wildman–Crippen MR) is 105 cm³/mol. The Balaban J connectivity index is 1.74. The molecule has 0 fully saturated rings. The summed E-state index contributed by atoms with van der Waals surface area (Å²) in [4.78, 5) is 8.61. The van der Waals surface area contributed by atoms with E-state index in [2.05, 4.69) is 22.1 Å². The Morgan fingerprint density at radius 2 is 1.44 bits per heavy atom. The minimum atomic E-state index is 0.464. The summed E-state index contributed by atoms with van der Waals surface area (Å²) in [5, 5.41) is 0.750.